The SMILES string of the molecule is COC(CNC(=O)c1ccc(C)[nH]c1=O)c1ccccc1. The van der Waals surface area contributed by atoms with Crippen molar-refractivity contribution in [2.24, 2.45) is 0 Å². The molecule has 0 fully saturated rings. The van der Waals surface area contributed by atoms with Gasteiger partial charge in [-0.25, -0.2) is 0 Å². The van der Waals surface area contributed by atoms with Crippen LogP contribution in [0.2, 0.25) is 0 Å². The third-order valence-corrected chi connectivity index (χ3v) is 3.20. The highest BCUT2D eigenvalue weighted by Gasteiger charge is 2.14. The summed E-state index contributed by atoms with van der Waals surface area (Å²) in [6, 6.07) is 12.8. The van der Waals surface area contributed by atoms with Crippen molar-refractivity contribution in [3.8, 4) is 0 Å². The Morgan fingerprint density at radius 1 is 1.24 bits per heavy atom. The van der Waals surface area contributed by atoms with Gasteiger partial charge in [0.25, 0.3) is 11.5 Å². The van der Waals surface area contributed by atoms with Gasteiger partial charge in [-0.15, -0.1) is 0 Å². The summed E-state index contributed by atoms with van der Waals surface area (Å²) in [5.41, 5.74) is 1.40. The van der Waals surface area contributed by atoms with Crippen LogP contribution in [0.4, 0.5) is 0 Å². The average Bonchev–Trinajstić information content (AvgIpc) is 2.48. The van der Waals surface area contributed by atoms with Crippen LogP contribution in [0, 0.1) is 6.92 Å². The van der Waals surface area contributed by atoms with Gasteiger partial charge in [0.05, 0.1) is 6.10 Å². The van der Waals surface area contributed by atoms with E-state index in [1.54, 1.807) is 20.1 Å². The van der Waals surface area contributed by atoms with Crippen molar-refractivity contribution in [1.82, 2.24) is 10.3 Å². The first-order chi connectivity index (χ1) is 10.1. The molecule has 1 amide bonds. The van der Waals surface area contributed by atoms with Crippen LogP contribution >= 0.6 is 0 Å². The molecule has 0 saturated carbocycles. The van der Waals surface area contributed by atoms with E-state index in [1.807, 2.05) is 30.3 Å². The first kappa shape index (κ1) is 15.0. The van der Waals surface area contributed by atoms with E-state index in [4.69, 9.17) is 4.74 Å². The number of methoxy groups -OCH3 is 1. The number of amides is 1. The van der Waals surface area contributed by atoms with Gasteiger partial charge in [0.2, 0.25) is 0 Å². The molecule has 0 aliphatic rings. The van der Waals surface area contributed by atoms with E-state index < -0.39 is 5.91 Å². The van der Waals surface area contributed by atoms with Gasteiger partial charge in [-0.05, 0) is 24.6 Å². The van der Waals surface area contributed by atoms with Crippen molar-refractivity contribution in [2.75, 3.05) is 13.7 Å². The van der Waals surface area contributed by atoms with Crippen LogP contribution < -0.4 is 10.9 Å². The maximum Gasteiger partial charge on any atom is 0.260 e. The van der Waals surface area contributed by atoms with Crippen molar-refractivity contribution < 1.29 is 9.53 Å². The number of ether oxygens (including phenoxy) is 1. The minimum absolute atomic E-state index is 0.100. The third kappa shape index (κ3) is 3.79. The van der Waals surface area contributed by atoms with Gasteiger partial charge in [-0.2, -0.15) is 0 Å². The summed E-state index contributed by atoms with van der Waals surface area (Å²) in [5, 5.41) is 2.72. The molecule has 5 nitrogen and oxygen atoms in total. The van der Waals surface area contributed by atoms with Crippen molar-refractivity contribution in [1.29, 1.82) is 0 Å². The van der Waals surface area contributed by atoms with Crippen LogP contribution in [0.5, 0.6) is 0 Å². The topological polar surface area (TPSA) is 71.2 Å². The van der Waals surface area contributed by atoms with E-state index >= 15 is 0 Å². The molecule has 0 bridgehead atoms. The van der Waals surface area contributed by atoms with Gasteiger partial charge < -0.3 is 15.0 Å². The molecule has 0 saturated heterocycles. The molecular weight excluding hydrogens is 268 g/mol. The second-order valence-electron chi connectivity index (χ2n) is 4.73. The summed E-state index contributed by atoms with van der Waals surface area (Å²) >= 11 is 0. The van der Waals surface area contributed by atoms with Gasteiger partial charge in [0, 0.05) is 19.3 Å². The van der Waals surface area contributed by atoms with Crippen LogP contribution in [-0.4, -0.2) is 24.5 Å². The van der Waals surface area contributed by atoms with Crippen molar-refractivity contribution >= 4 is 5.91 Å². The minimum Gasteiger partial charge on any atom is -0.375 e. The Morgan fingerprint density at radius 2 is 1.95 bits per heavy atom. The average molecular weight is 286 g/mol. The quantitative estimate of drug-likeness (QED) is 0.880. The highest BCUT2D eigenvalue weighted by molar-refractivity contribution is 5.93. The van der Waals surface area contributed by atoms with Crippen molar-refractivity contribution in [3.05, 3.63) is 69.6 Å². The van der Waals surface area contributed by atoms with Crippen LogP contribution in [0.3, 0.4) is 0 Å². The number of nitrogens with one attached hydrogen (secondary N) is 2. The third-order valence-electron chi connectivity index (χ3n) is 3.20. The summed E-state index contributed by atoms with van der Waals surface area (Å²) in [4.78, 5) is 26.4. The Bertz CT molecular complexity index is 665. The molecule has 110 valence electrons. The number of aryl methyl sites for hydroxylation is 1. The van der Waals surface area contributed by atoms with Gasteiger partial charge in [0.15, 0.2) is 0 Å². The number of aromatic amines is 1. The molecule has 2 aromatic rings. The maximum atomic E-state index is 12.0. The number of hydrogen-bond donors (Lipinski definition) is 2. The highest BCUT2D eigenvalue weighted by atomic mass is 16.5. The number of H-pyrrole nitrogens is 1. The normalized spacial score (nSPS) is 11.9. The predicted molar refractivity (Wildman–Crippen MR) is 80.3 cm³/mol. The Kier molecular flexibility index (Phi) is 4.90. The predicted octanol–water partition coefficient (Wildman–Crippen LogP) is 1.80. The smallest absolute Gasteiger partial charge is 0.260 e. The number of rotatable bonds is 5. The monoisotopic (exact) mass is 286 g/mol. The molecule has 1 atom stereocenters. The van der Waals surface area contributed by atoms with E-state index in [0.29, 0.717) is 6.54 Å². The second kappa shape index (κ2) is 6.85. The molecule has 2 N–H and O–H groups in total. The lowest BCUT2D eigenvalue weighted by molar-refractivity contribution is 0.0827. The molecule has 1 unspecified atom stereocenters. The summed E-state index contributed by atoms with van der Waals surface area (Å²) in [6.45, 7) is 2.06. The molecular formula is C16H18N2O3. The molecule has 21 heavy (non-hydrogen) atoms. The lowest BCUT2D eigenvalue weighted by Crippen LogP contribution is -2.33. The summed E-state index contributed by atoms with van der Waals surface area (Å²) in [7, 11) is 1.59. The Morgan fingerprint density at radius 3 is 2.57 bits per heavy atom. The van der Waals surface area contributed by atoms with Gasteiger partial charge in [0.1, 0.15) is 5.56 Å². The summed E-state index contributed by atoms with van der Waals surface area (Å²) < 4.78 is 5.37. The zero-order valence-electron chi connectivity index (χ0n) is 12.1. The summed E-state index contributed by atoms with van der Waals surface area (Å²) in [5.74, 6) is -0.408. The largest absolute Gasteiger partial charge is 0.375 e. The standard InChI is InChI=1S/C16H18N2O3/c1-11-8-9-13(16(20)18-11)15(19)17-10-14(21-2)12-6-4-3-5-7-12/h3-9,14H,10H2,1-2H3,(H,17,19)(H,18,20). The Hall–Kier alpha value is -2.40. The van der Waals surface area contributed by atoms with E-state index in [0.717, 1.165) is 11.3 Å². The first-order valence-electron chi connectivity index (χ1n) is 6.67. The number of benzene rings is 1. The second-order valence-corrected chi connectivity index (χ2v) is 4.73. The van der Waals surface area contributed by atoms with Gasteiger partial charge in [-0.3, -0.25) is 9.59 Å². The van der Waals surface area contributed by atoms with Crippen LogP contribution in [0.15, 0.2) is 47.3 Å². The highest BCUT2D eigenvalue weighted by Crippen LogP contribution is 2.14. The van der Waals surface area contributed by atoms with E-state index in [9.17, 15) is 9.59 Å². The summed E-state index contributed by atoms with van der Waals surface area (Å²) in [6.07, 6.45) is -0.250. The van der Waals surface area contributed by atoms with E-state index in [1.165, 1.54) is 6.07 Å². The lowest BCUT2D eigenvalue weighted by atomic mass is 10.1. The number of carbonyl (C=O) groups is 1. The fourth-order valence-electron chi connectivity index (χ4n) is 2.04. The fraction of sp³-hybridized carbons (Fsp3) is 0.250. The number of aromatic nitrogens is 1. The van der Waals surface area contributed by atoms with Crippen molar-refractivity contribution in [3.63, 3.8) is 0 Å². The van der Waals surface area contributed by atoms with Crippen molar-refractivity contribution in [2.45, 2.75) is 13.0 Å². The van der Waals surface area contributed by atoms with Gasteiger partial charge in [-0.1, -0.05) is 30.3 Å². The Balaban J connectivity index is 2.04. The lowest BCUT2D eigenvalue weighted by Gasteiger charge is -2.16. The molecule has 0 radical (unpaired) electrons. The zero-order valence-corrected chi connectivity index (χ0v) is 12.1. The molecule has 1 aromatic heterocycles. The van der Waals surface area contributed by atoms with E-state index in [2.05, 4.69) is 10.3 Å². The van der Waals surface area contributed by atoms with Crippen LogP contribution in [-0.2, 0) is 4.74 Å². The minimum atomic E-state index is -0.408. The molecule has 0 spiro atoms. The number of hydrogen-bond acceptors (Lipinski definition) is 3. The molecule has 1 aromatic carbocycles. The molecule has 0 aliphatic carbocycles. The molecule has 1 heterocycles. The molecule has 2 rings (SSSR count). The molecule has 0 aliphatic heterocycles. The molecule has 5 heteroatoms. The number of carbonyl (C=O) groups excluding carboxylic acids is 1. The fourth-order valence-corrected chi connectivity index (χ4v) is 2.04. The zero-order chi connectivity index (χ0) is 15.2. The number of pyridine rings is 1. The van der Waals surface area contributed by atoms with E-state index in [-0.39, 0.29) is 17.2 Å². The Labute approximate surface area is 123 Å². The van der Waals surface area contributed by atoms with Gasteiger partial charge >= 0.3 is 0 Å². The first-order valence-corrected chi connectivity index (χ1v) is 6.67. The maximum absolute atomic E-state index is 12.0. The van der Waals surface area contributed by atoms with Crippen LogP contribution in [0.25, 0.3) is 0 Å². The van der Waals surface area contributed by atoms with Crippen LogP contribution in [0.1, 0.15) is 27.7 Å².